The minimum absolute atomic E-state index is 0.166. The number of anilines is 1. The van der Waals surface area contributed by atoms with Crippen molar-refractivity contribution in [3.05, 3.63) is 40.4 Å². The molecule has 8 nitrogen and oxygen atoms in total. The molecule has 1 aliphatic rings. The van der Waals surface area contributed by atoms with Crippen LogP contribution in [0.3, 0.4) is 0 Å². The van der Waals surface area contributed by atoms with Gasteiger partial charge in [0.25, 0.3) is 0 Å². The molecule has 9 heteroatoms. The van der Waals surface area contributed by atoms with E-state index in [0.29, 0.717) is 17.4 Å². The van der Waals surface area contributed by atoms with Crippen LogP contribution in [-0.4, -0.2) is 62.1 Å². The number of morpholine rings is 1. The Morgan fingerprint density at radius 3 is 3.00 bits per heavy atom. The number of benzene rings is 1. The monoisotopic (exact) mass is 418 g/mol. The van der Waals surface area contributed by atoms with Crippen LogP contribution in [0.1, 0.15) is 23.7 Å². The molecule has 1 N–H and O–H groups in total. The first-order valence-corrected chi connectivity index (χ1v) is 10.4. The molecule has 1 aromatic carbocycles. The van der Waals surface area contributed by atoms with E-state index < -0.39 is 0 Å². The molecule has 2 heterocycles. The summed E-state index contributed by atoms with van der Waals surface area (Å²) in [6.07, 6.45) is 1.91. The highest BCUT2D eigenvalue weighted by Crippen LogP contribution is 2.22. The van der Waals surface area contributed by atoms with Crippen LogP contribution in [0, 0.1) is 0 Å². The smallest absolute Gasteiger partial charge is 0.311 e. The summed E-state index contributed by atoms with van der Waals surface area (Å²) in [4.78, 5) is 18.2. The van der Waals surface area contributed by atoms with Gasteiger partial charge in [-0.1, -0.05) is 0 Å². The van der Waals surface area contributed by atoms with Crippen molar-refractivity contribution in [1.29, 1.82) is 0 Å². The predicted octanol–water partition coefficient (Wildman–Crippen LogP) is 2.54. The van der Waals surface area contributed by atoms with Crippen molar-refractivity contribution >= 4 is 28.7 Å². The van der Waals surface area contributed by atoms with Gasteiger partial charge in [0, 0.05) is 30.6 Å². The number of nitrogens with zero attached hydrogens (tertiary/aromatic N) is 3. The second kappa shape index (κ2) is 10.9. The lowest BCUT2D eigenvalue weighted by Crippen LogP contribution is -2.35. The molecular weight excluding hydrogens is 392 g/mol. The molecule has 0 saturated carbocycles. The Bertz CT molecular complexity index is 834. The molecule has 0 bridgehead atoms. The molecule has 0 aliphatic carbocycles. The number of rotatable bonds is 9. The zero-order chi connectivity index (χ0) is 20.5. The highest BCUT2D eigenvalue weighted by atomic mass is 32.1. The summed E-state index contributed by atoms with van der Waals surface area (Å²) in [5, 5.41) is 6.72. The Morgan fingerprint density at radius 1 is 1.41 bits per heavy atom. The lowest BCUT2D eigenvalue weighted by Gasteiger charge is -2.27. The largest absolute Gasteiger partial charge is 0.496 e. The third-order valence-electron chi connectivity index (χ3n) is 4.36. The van der Waals surface area contributed by atoms with Crippen molar-refractivity contribution < 1.29 is 19.0 Å². The fourth-order valence-corrected chi connectivity index (χ4v) is 3.62. The van der Waals surface area contributed by atoms with E-state index in [2.05, 4.69) is 26.5 Å². The van der Waals surface area contributed by atoms with E-state index in [1.54, 1.807) is 20.2 Å². The van der Waals surface area contributed by atoms with Crippen LogP contribution in [0.4, 0.5) is 5.13 Å². The van der Waals surface area contributed by atoms with E-state index in [4.69, 9.17) is 14.2 Å². The third kappa shape index (κ3) is 6.52. The molecule has 0 unspecified atom stereocenters. The lowest BCUT2D eigenvalue weighted by molar-refractivity contribution is -0.142. The molecule has 1 saturated heterocycles. The maximum Gasteiger partial charge on any atom is 0.311 e. The number of aromatic nitrogens is 1. The first-order valence-electron chi connectivity index (χ1n) is 9.54. The van der Waals surface area contributed by atoms with Crippen molar-refractivity contribution in [2.24, 2.45) is 5.10 Å². The first kappa shape index (κ1) is 21.2. The lowest BCUT2D eigenvalue weighted by atomic mass is 10.1. The van der Waals surface area contributed by atoms with Gasteiger partial charge in [0.15, 0.2) is 0 Å². The highest BCUT2D eigenvalue weighted by molar-refractivity contribution is 7.13. The maximum absolute atomic E-state index is 11.5. The summed E-state index contributed by atoms with van der Waals surface area (Å²) in [5.74, 6) is 0.587. The van der Waals surface area contributed by atoms with E-state index in [1.165, 1.54) is 11.3 Å². The molecule has 156 valence electrons. The van der Waals surface area contributed by atoms with Crippen LogP contribution in [0.25, 0.3) is 0 Å². The van der Waals surface area contributed by atoms with Crippen LogP contribution in [0.2, 0.25) is 0 Å². The number of esters is 1. The van der Waals surface area contributed by atoms with Gasteiger partial charge in [-0.25, -0.2) is 4.98 Å². The quantitative estimate of drug-likeness (QED) is 0.380. The van der Waals surface area contributed by atoms with E-state index >= 15 is 0 Å². The van der Waals surface area contributed by atoms with Gasteiger partial charge in [0.2, 0.25) is 5.13 Å². The van der Waals surface area contributed by atoms with E-state index in [9.17, 15) is 4.79 Å². The van der Waals surface area contributed by atoms with Gasteiger partial charge in [0.1, 0.15) is 5.75 Å². The van der Waals surface area contributed by atoms with Crippen LogP contribution in [0.15, 0.2) is 28.7 Å². The second-order valence-electron chi connectivity index (χ2n) is 6.46. The Labute approximate surface area is 174 Å². The number of thiazole rings is 1. The number of carbonyl (C=O) groups is 1. The number of carbonyl (C=O) groups excluding carboxylic acids is 1. The summed E-state index contributed by atoms with van der Waals surface area (Å²) in [7, 11) is 1.68. The molecular formula is C20H26N4O4S. The number of hydrazone groups is 1. The fraction of sp³-hybridized carbons (Fsp3) is 0.450. The van der Waals surface area contributed by atoms with Gasteiger partial charge in [-0.2, -0.15) is 5.10 Å². The fourth-order valence-electron chi connectivity index (χ4n) is 2.96. The maximum atomic E-state index is 11.5. The summed E-state index contributed by atoms with van der Waals surface area (Å²) >= 11 is 1.40. The molecule has 3 rings (SSSR count). The second-order valence-corrected chi connectivity index (χ2v) is 7.31. The Morgan fingerprint density at radius 2 is 2.24 bits per heavy atom. The summed E-state index contributed by atoms with van der Waals surface area (Å²) in [5.41, 5.74) is 5.66. The molecule has 1 aromatic heterocycles. The summed E-state index contributed by atoms with van der Waals surface area (Å²) < 4.78 is 15.9. The minimum atomic E-state index is -0.279. The number of nitrogens with one attached hydrogen (secondary N) is 1. The molecule has 0 radical (unpaired) electrons. The van der Waals surface area contributed by atoms with Crippen LogP contribution >= 0.6 is 11.3 Å². The van der Waals surface area contributed by atoms with Gasteiger partial charge < -0.3 is 14.2 Å². The predicted molar refractivity (Wildman–Crippen MR) is 113 cm³/mol. The van der Waals surface area contributed by atoms with Crippen molar-refractivity contribution in [3.63, 3.8) is 0 Å². The van der Waals surface area contributed by atoms with Gasteiger partial charge in [-0.3, -0.25) is 15.1 Å². The van der Waals surface area contributed by atoms with Crippen molar-refractivity contribution in [2.75, 3.05) is 45.4 Å². The Balaban J connectivity index is 1.59. The SMILES string of the molecule is CCOC(=O)Cc1csc(NN=Cc2ccc(OC)c(CN3CCOCC3)c2)n1. The van der Waals surface area contributed by atoms with Crippen LogP contribution in [0.5, 0.6) is 5.75 Å². The number of hydrogen-bond acceptors (Lipinski definition) is 9. The van der Waals surface area contributed by atoms with Gasteiger partial charge in [-0.15, -0.1) is 11.3 Å². The number of methoxy groups -OCH3 is 1. The average Bonchev–Trinajstić information content (AvgIpc) is 3.16. The molecule has 29 heavy (non-hydrogen) atoms. The summed E-state index contributed by atoms with van der Waals surface area (Å²) in [6, 6.07) is 5.99. The molecule has 1 aliphatic heterocycles. The highest BCUT2D eigenvalue weighted by Gasteiger charge is 2.13. The molecule has 0 spiro atoms. The van der Waals surface area contributed by atoms with Crippen molar-refractivity contribution in [3.8, 4) is 5.75 Å². The normalized spacial score (nSPS) is 14.8. The average molecular weight is 419 g/mol. The van der Waals surface area contributed by atoms with Gasteiger partial charge in [0.05, 0.1) is 45.3 Å². The molecule has 1 fully saturated rings. The molecule has 0 amide bonds. The van der Waals surface area contributed by atoms with E-state index in [1.807, 2.05) is 17.5 Å². The zero-order valence-electron chi connectivity index (χ0n) is 16.7. The van der Waals surface area contributed by atoms with E-state index in [0.717, 1.165) is 49.7 Å². The first-order chi connectivity index (χ1) is 14.2. The topological polar surface area (TPSA) is 85.3 Å². The third-order valence-corrected chi connectivity index (χ3v) is 5.15. The Kier molecular flexibility index (Phi) is 7.97. The molecule has 0 atom stereocenters. The Hall–Kier alpha value is -2.49. The van der Waals surface area contributed by atoms with Crippen LogP contribution in [-0.2, 0) is 27.2 Å². The summed E-state index contributed by atoms with van der Waals surface area (Å²) in [6.45, 7) is 6.33. The van der Waals surface area contributed by atoms with E-state index in [-0.39, 0.29) is 12.4 Å². The zero-order valence-corrected chi connectivity index (χ0v) is 17.5. The van der Waals surface area contributed by atoms with Gasteiger partial charge in [-0.05, 0) is 30.7 Å². The molecule has 2 aromatic rings. The van der Waals surface area contributed by atoms with Crippen LogP contribution < -0.4 is 10.2 Å². The number of ether oxygens (including phenoxy) is 3. The van der Waals surface area contributed by atoms with Crippen molar-refractivity contribution in [2.45, 2.75) is 19.9 Å². The van der Waals surface area contributed by atoms with Gasteiger partial charge >= 0.3 is 5.97 Å². The standard InChI is InChI=1S/C20H26N4O4S/c1-3-28-19(25)11-17-14-29-20(22-17)23-21-12-15-4-5-18(26-2)16(10-15)13-24-6-8-27-9-7-24/h4-5,10,12,14H,3,6-9,11,13H2,1-2H3,(H,22,23). The van der Waals surface area contributed by atoms with Crippen molar-refractivity contribution in [1.82, 2.24) is 9.88 Å². The minimum Gasteiger partial charge on any atom is -0.496 e. The number of hydrogen-bond donors (Lipinski definition) is 1.